The largest absolute Gasteiger partial charge is 0.416 e. The molecule has 0 saturated carbocycles. The molecular formula is C18H21F3N4OS. The second-order valence-electron chi connectivity index (χ2n) is 6.68. The van der Waals surface area contributed by atoms with Gasteiger partial charge in [-0.2, -0.15) is 13.2 Å². The Kier molecular flexibility index (Phi) is 5.71. The number of alkyl halides is 3. The number of anilines is 1. The van der Waals surface area contributed by atoms with Gasteiger partial charge in [0.2, 0.25) is 0 Å². The van der Waals surface area contributed by atoms with Gasteiger partial charge in [0.05, 0.1) is 10.6 Å². The van der Waals surface area contributed by atoms with Crippen LogP contribution >= 0.6 is 11.3 Å². The Morgan fingerprint density at radius 3 is 2.67 bits per heavy atom. The molecule has 2 aromatic rings. The van der Waals surface area contributed by atoms with Crippen LogP contribution in [0.2, 0.25) is 0 Å². The van der Waals surface area contributed by atoms with Gasteiger partial charge in [-0.1, -0.05) is 18.2 Å². The summed E-state index contributed by atoms with van der Waals surface area (Å²) in [5.41, 5.74) is 5.29. The molecule has 146 valence electrons. The lowest BCUT2D eigenvalue weighted by Crippen LogP contribution is -2.29. The number of benzene rings is 1. The van der Waals surface area contributed by atoms with E-state index in [0.29, 0.717) is 5.00 Å². The molecule has 1 aliphatic heterocycles. The molecule has 27 heavy (non-hydrogen) atoms. The zero-order chi connectivity index (χ0) is 19.6. The van der Waals surface area contributed by atoms with E-state index in [-0.39, 0.29) is 23.7 Å². The van der Waals surface area contributed by atoms with Crippen LogP contribution in [0.15, 0.2) is 24.3 Å². The quantitative estimate of drug-likeness (QED) is 0.827. The molecule has 1 aromatic carbocycles. The van der Waals surface area contributed by atoms with Gasteiger partial charge in [-0.3, -0.25) is 4.79 Å². The average molecular weight is 398 g/mol. The second kappa shape index (κ2) is 7.85. The van der Waals surface area contributed by atoms with Crippen molar-refractivity contribution in [1.29, 1.82) is 0 Å². The number of hydrogen-bond acceptors (Lipinski definition) is 5. The number of thiazole rings is 1. The number of hydrogen-bond donors (Lipinski definition) is 2. The first-order valence-corrected chi connectivity index (χ1v) is 9.45. The molecule has 1 amide bonds. The van der Waals surface area contributed by atoms with Gasteiger partial charge >= 0.3 is 6.18 Å². The topological polar surface area (TPSA) is 71.2 Å². The molecule has 0 spiro atoms. The molecular weight excluding hydrogens is 377 g/mol. The maximum Gasteiger partial charge on any atom is 0.416 e. The maximum absolute atomic E-state index is 13.0. The molecule has 1 aromatic heterocycles. The Bertz CT molecular complexity index is 813. The van der Waals surface area contributed by atoms with Gasteiger partial charge in [0, 0.05) is 12.5 Å². The number of rotatable bonds is 4. The predicted molar refractivity (Wildman–Crippen MR) is 98.6 cm³/mol. The SMILES string of the molecule is CN1CCC(c2nc(C(=O)NCc3ccccc3C(F)(F)F)c(N)s2)CC1. The molecule has 2 heterocycles. The smallest absolute Gasteiger partial charge is 0.389 e. The minimum atomic E-state index is -4.47. The molecule has 1 saturated heterocycles. The molecule has 0 unspecified atom stereocenters. The lowest BCUT2D eigenvalue weighted by atomic mass is 9.98. The number of carbonyl (C=O) groups excluding carboxylic acids is 1. The molecule has 1 fully saturated rings. The molecule has 9 heteroatoms. The summed E-state index contributed by atoms with van der Waals surface area (Å²) in [4.78, 5) is 19.0. The van der Waals surface area contributed by atoms with Crippen molar-refractivity contribution >= 4 is 22.2 Å². The highest BCUT2D eigenvalue weighted by molar-refractivity contribution is 7.16. The van der Waals surface area contributed by atoms with Crippen LogP contribution in [-0.2, 0) is 12.7 Å². The summed E-state index contributed by atoms with van der Waals surface area (Å²) >= 11 is 1.29. The average Bonchev–Trinajstić information content (AvgIpc) is 3.01. The summed E-state index contributed by atoms with van der Waals surface area (Å²) in [6.45, 7) is 1.68. The third kappa shape index (κ3) is 4.59. The van der Waals surface area contributed by atoms with Crippen LogP contribution in [0.5, 0.6) is 0 Å². The third-order valence-electron chi connectivity index (χ3n) is 4.71. The summed E-state index contributed by atoms with van der Waals surface area (Å²) < 4.78 is 39.1. The van der Waals surface area contributed by atoms with Crippen molar-refractivity contribution in [3.05, 3.63) is 46.1 Å². The Hall–Kier alpha value is -2.13. The first-order chi connectivity index (χ1) is 12.8. The highest BCUT2D eigenvalue weighted by Crippen LogP contribution is 2.34. The number of amides is 1. The number of nitrogens with two attached hydrogens (primary N) is 1. The van der Waals surface area contributed by atoms with E-state index < -0.39 is 17.6 Å². The summed E-state index contributed by atoms with van der Waals surface area (Å²) in [5.74, 6) is -0.291. The summed E-state index contributed by atoms with van der Waals surface area (Å²) in [6.07, 6.45) is -2.57. The van der Waals surface area contributed by atoms with Crippen molar-refractivity contribution in [1.82, 2.24) is 15.2 Å². The van der Waals surface area contributed by atoms with Crippen LogP contribution in [0.1, 0.15) is 45.4 Å². The highest BCUT2D eigenvalue weighted by atomic mass is 32.1. The summed E-state index contributed by atoms with van der Waals surface area (Å²) in [5, 5.41) is 3.63. The number of aromatic nitrogens is 1. The zero-order valence-electron chi connectivity index (χ0n) is 14.8. The van der Waals surface area contributed by atoms with Crippen molar-refractivity contribution in [2.45, 2.75) is 31.5 Å². The van der Waals surface area contributed by atoms with Crippen LogP contribution in [0.4, 0.5) is 18.2 Å². The fourth-order valence-corrected chi connectivity index (χ4v) is 4.15. The third-order valence-corrected chi connectivity index (χ3v) is 5.76. The van der Waals surface area contributed by atoms with Gasteiger partial charge in [-0.15, -0.1) is 11.3 Å². The number of nitrogens with zero attached hydrogens (tertiary/aromatic N) is 2. The lowest BCUT2D eigenvalue weighted by molar-refractivity contribution is -0.138. The lowest BCUT2D eigenvalue weighted by Gasteiger charge is -2.27. The van der Waals surface area contributed by atoms with Crippen LogP contribution < -0.4 is 11.1 Å². The monoisotopic (exact) mass is 398 g/mol. The fourth-order valence-electron chi connectivity index (χ4n) is 3.15. The second-order valence-corrected chi connectivity index (χ2v) is 7.74. The van der Waals surface area contributed by atoms with Gasteiger partial charge in [-0.05, 0) is 44.6 Å². The van der Waals surface area contributed by atoms with Crippen LogP contribution in [0.3, 0.4) is 0 Å². The molecule has 0 radical (unpaired) electrons. The van der Waals surface area contributed by atoms with E-state index in [1.165, 1.54) is 29.5 Å². The number of nitrogens with one attached hydrogen (secondary N) is 1. The number of likely N-dealkylation sites (tertiary alicyclic amines) is 1. The fraction of sp³-hybridized carbons (Fsp3) is 0.444. The van der Waals surface area contributed by atoms with Gasteiger partial charge in [0.15, 0.2) is 5.69 Å². The van der Waals surface area contributed by atoms with Crippen molar-refractivity contribution in [2.24, 2.45) is 0 Å². The highest BCUT2D eigenvalue weighted by Gasteiger charge is 2.33. The Morgan fingerprint density at radius 2 is 2.00 bits per heavy atom. The number of halogens is 3. The standard InChI is InChI=1S/C18H21F3N4OS/c1-25-8-6-11(7-9-25)17-24-14(15(22)27-17)16(26)23-10-12-4-2-3-5-13(12)18(19,20)21/h2-5,11H,6-10,22H2,1H3,(H,23,26). The van der Waals surface area contributed by atoms with E-state index in [4.69, 9.17) is 5.73 Å². The van der Waals surface area contributed by atoms with Crippen molar-refractivity contribution < 1.29 is 18.0 Å². The summed E-state index contributed by atoms with van der Waals surface area (Å²) in [7, 11) is 2.06. The number of carbonyl (C=O) groups is 1. The minimum absolute atomic E-state index is 0.00249. The van der Waals surface area contributed by atoms with Crippen molar-refractivity contribution in [3.63, 3.8) is 0 Å². The Balaban J connectivity index is 1.69. The maximum atomic E-state index is 13.0. The van der Waals surface area contributed by atoms with E-state index >= 15 is 0 Å². The van der Waals surface area contributed by atoms with Crippen molar-refractivity contribution in [3.8, 4) is 0 Å². The molecule has 1 aliphatic rings. The number of nitrogen functional groups attached to an aromatic ring is 1. The van der Waals surface area contributed by atoms with Gasteiger partial charge in [-0.25, -0.2) is 4.98 Å². The van der Waals surface area contributed by atoms with E-state index in [1.54, 1.807) is 0 Å². The van der Waals surface area contributed by atoms with Crippen LogP contribution in [0, 0.1) is 0 Å². The number of piperidine rings is 1. The molecule has 3 N–H and O–H groups in total. The van der Waals surface area contributed by atoms with Gasteiger partial charge in [0.1, 0.15) is 5.00 Å². The van der Waals surface area contributed by atoms with Crippen LogP contribution in [-0.4, -0.2) is 35.9 Å². The molecule has 0 bridgehead atoms. The van der Waals surface area contributed by atoms with Gasteiger partial charge < -0.3 is 16.0 Å². The van der Waals surface area contributed by atoms with E-state index in [1.807, 2.05) is 0 Å². The Labute approximate surface area is 159 Å². The Morgan fingerprint density at radius 1 is 1.33 bits per heavy atom. The first-order valence-electron chi connectivity index (χ1n) is 8.63. The minimum Gasteiger partial charge on any atom is -0.389 e. The first kappa shape index (κ1) is 19.6. The van der Waals surface area contributed by atoms with E-state index in [9.17, 15) is 18.0 Å². The molecule has 3 rings (SSSR count). The van der Waals surface area contributed by atoms with Crippen LogP contribution in [0.25, 0.3) is 0 Å². The normalized spacial score (nSPS) is 16.4. The van der Waals surface area contributed by atoms with Crippen molar-refractivity contribution in [2.75, 3.05) is 25.9 Å². The zero-order valence-corrected chi connectivity index (χ0v) is 15.7. The summed E-state index contributed by atoms with van der Waals surface area (Å²) in [6, 6.07) is 5.17. The molecule has 0 atom stereocenters. The predicted octanol–water partition coefficient (Wildman–Crippen LogP) is 3.48. The molecule has 5 nitrogen and oxygen atoms in total. The van der Waals surface area contributed by atoms with Gasteiger partial charge in [0.25, 0.3) is 5.91 Å². The van der Waals surface area contributed by atoms with E-state index in [0.717, 1.165) is 37.0 Å². The molecule has 0 aliphatic carbocycles. The van der Waals surface area contributed by atoms with E-state index in [2.05, 4.69) is 22.2 Å².